The number of nitrogens with two attached hydrogens (primary N) is 1. The normalized spacial score (nSPS) is 22.8. The summed E-state index contributed by atoms with van der Waals surface area (Å²) in [6.45, 7) is 0.0508. The Hall–Kier alpha value is -0.680. The van der Waals surface area contributed by atoms with Crippen molar-refractivity contribution in [2.24, 2.45) is 5.73 Å². The fourth-order valence-corrected chi connectivity index (χ4v) is 1.55. The number of fused-ring (bicyclic) bond motifs is 1. The van der Waals surface area contributed by atoms with Crippen LogP contribution in [0.3, 0.4) is 0 Å². The summed E-state index contributed by atoms with van der Waals surface area (Å²) in [5, 5.41) is 23.5. The summed E-state index contributed by atoms with van der Waals surface area (Å²) in [6, 6.07) is 0. The first-order chi connectivity index (χ1) is 8.57. The van der Waals surface area contributed by atoms with Crippen molar-refractivity contribution in [2.75, 3.05) is 18.5 Å². The third-order valence-corrected chi connectivity index (χ3v) is 2.48. The molecule has 9 nitrogen and oxygen atoms in total. The van der Waals surface area contributed by atoms with Crippen LogP contribution in [-0.2, 0) is 4.74 Å². The van der Waals surface area contributed by atoms with Crippen LogP contribution in [0.15, 0.2) is 6.33 Å². The Morgan fingerprint density at radius 1 is 1.53 bits per heavy atom. The van der Waals surface area contributed by atoms with Crippen molar-refractivity contribution in [1.82, 2.24) is 15.3 Å². The summed E-state index contributed by atoms with van der Waals surface area (Å²) in [5.41, 5.74) is 6.05. The molecule has 0 bridgehead atoms. The molecule has 1 aromatic rings. The molecule has 0 aliphatic carbocycles. The molecule has 0 saturated heterocycles. The number of carbonyl (C=O) groups is 1. The summed E-state index contributed by atoms with van der Waals surface area (Å²) >= 11 is 0. The molecule has 1 aliphatic rings. The van der Waals surface area contributed by atoms with Gasteiger partial charge >= 0.3 is 29.6 Å². The molecule has 2 atom stereocenters. The molecule has 1 aliphatic heterocycles. The number of hydrogen-bond donors (Lipinski definition) is 6. The number of H-pyrrole nitrogens is 1. The molecular weight excluding hydrogens is 265 g/mol. The number of ether oxygens (including phenoxy) is 1. The fraction of sp³-hybridized carbons (Fsp3) is 0.556. The van der Waals surface area contributed by atoms with Gasteiger partial charge in [-0.15, -0.1) is 0 Å². The molecule has 0 aromatic carbocycles. The number of carbonyl (C=O) groups excluding carboxylic acids is 1. The van der Waals surface area contributed by atoms with E-state index in [2.05, 4.69) is 20.6 Å². The van der Waals surface area contributed by atoms with Gasteiger partial charge in [-0.3, -0.25) is 10.5 Å². The van der Waals surface area contributed by atoms with Gasteiger partial charge in [0.05, 0.1) is 12.9 Å². The van der Waals surface area contributed by atoms with Crippen LogP contribution in [0.25, 0.3) is 0 Å². The molecule has 2 unspecified atom stereocenters. The molecular formula is C9H15N5NaO4+. The van der Waals surface area contributed by atoms with Crippen molar-refractivity contribution >= 4 is 11.7 Å². The molecule has 100 valence electrons. The van der Waals surface area contributed by atoms with E-state index in [0.717, 1.165) is 0 Å². The Balaban J connectivity index is 0.00000180. The zero-order valence-electron chi connectivity index (χ0n) is 10.5. The molecule has 10 heteroatoms. The topological polar surface area (TPSA) is 146 Å². The average molecular weight is 280 g/mol. The van der Waals surface area contributed by atoms with E-state index >= 15 is 0 Å². The fourth-order valence-electron chi connectivity index (χ4n) is 1.55. The number of aliphatic hydroxyl groups excluding tert-OH is 2. The average Bonchev–Trinajstić information content (AvgIpc) is 2.77. The predicted molar refractivity (Wildman–Crippen MR) is 60.3 cm³/mol. The van der Waals surface area contributed by atoms with Crippen molar-refractivity contribution in [1.29, 1.82) is 0 Å². The minimum atomic E-state index is -1.66. The van der Waals surface area contributed by atoms with Crippen molar-refractivity contribution in [3.63, 3.8) is 0 Å². The number of aromatic nitrogens is 2. The van der Waals surface area contributed by atoms with Crippen LogP contribution in [0.4, 0.5) is 5.82 Å². The summed E-state index contributed by atoms with van der Waals surface area (Å²) in [7, 11) is 0. The summed E-state index contributed by atoms with van der Waals surface area (Å²) in [6.07, 6.45) is 0.217. The minimum absolute atomic E-state index is 0. The summed E-state index contributed by atoms with van der Waals surface area (Å²) < 4.78 is 5.02. The Kier molecular flexibility index (Phi) is 5.74. The van der Waals surface area contributed by atoms with Gasteiger partial charge in [0, 0.05) is 6.61 Å². The van der Waals surface area contributed by atoms with Gasteiger partial charge < -0.3 is 30.6 Å². The smallest absolute Gasteiger partial charge is 0.396 e. The molecule has 2 heterocycles. The first kappa shape index (κ1) is 16.4. The van der Waals surface area contributed by atoms with Crippen LogP contribution in [0.1, 0.15) is 16.9 Å². The largest absolute Gasteiger partial charge is 1.00 e. The van der Waals surface area contributed by atoms with Crippen molar-refractivity contribution in [2.45, 2.75) is 18.5 Å². The number of nitrogens with zero attached hydrogens (tertiary/aromatic N) is 1. The van der Waals surface area contributed by atoms with E-state index in [4.69, 9.17) is 15.6 Å². The molecule has 0 radical (unpaired) electrons. The van der Waals surface area contributed by atoms with Crippen LogP contribution in [0, 0.1) is 0 Å². The number of rotatable bonds is 5. The molecule has 2 rings (SSSR count). The van der Waals surface area contributed by atoms with E-state index < -0.39 is 18.0 Å². The van der Waals surface area contributed by atoms with E-state index in [0.29, 0.717) is 6.42 Å². The Labute approximate surface area is 131 Å². The van der Waals surface area contributed by atoms with Gasteiger partial charge in [0.25, 0.3) is 5.91 Å². The van der Waals surface area contributed by atoms with Gasteiger partial charge in [-0.1, -0.05) is 0 Å². The first-order valence-electron chi connectivity index (χ1n) is 5.40. The first-order valence-corrected chi connectivity index (χ1v) is 5.40. The molecule has 19 heavy (non-hydrogen) atoms. The van der Waals surface area contributed by atoms with E-state index in [-0.39, 0.29) is 54.3 Å². The van der Waals surface area contributed by atoms with Crippen LogP contribution < -0.4 is 45.9 Å². The molecule has 1 amide bonds. The SMILES string of the molecule is NC1(C(O)OCCCO)NC(=O)c2[nH]cnc2N1.[Na+]. The number of aliphatic hydroxyl groups is 2. The number of nitrogens with one attached hydrogen (secondary N) is 3. The quantitative estimate of drug-likeness (QED) is 0.180. The minimum Gasteiger partial charge on any atom is -0.396 e. The van der Waals surface area contributed by atoms with Crippen molar-refractivity contribution < 1.29 is 49.3 Å². The van der Waals surface area contributed by atoms with Crippen LogP contribution in [0.5, 0.6) is 0 Å². The maximum Gasteiger partial charge on any atom is 1.00 e. The van der Waals surface area contributed by atoms with Crippen molar-refractivity contribution in [3.8, 4) is 0 Å². The van der Waals surface area contributed by atoms with E-state index in [1.165, 1.54) is 6.33 Å². The van der Waals surface area contributed by atoms with Gasteiger partial charge in [-0.2, -0.15) is 0 Å². The maximum atomic E-state index is 11.7. The number of amides is 1. The van der Waals surface area contributed by atoms with Gasteiger partial charge in [-0.05, 0) is 6.42 Å². The van der Waals surface area contributed by atoms with E-state index in [9.17, 15) is 9.90 Å². The van der Waals surface area contributed by atoms with E-state index in [1.807, 2.05) is 0 Å². The predicted octanol–water partition coefficient (Wildman–Crippen LogP) is -5.10. The second kappa shape index (κ2) is 6.66. The number of imidazole rings is 1. The zero-order valence-corrected chi connectivity index (χ0v) is 12.5. The van der Waals surface area contributed by atoms with Gasteiger partial charge in [0.1, 0.15) is 5.69 Å². The van der Waals surface area contributed by atoms with Crippen molar-refractivity contribution in [3.05, 3.63) is 12.0 Å². The van der Waals surface area contributed by atoms with Gasteiger partial charge in [-0.25, -0.2) is 4.98 Å². The van der Waals surface area contributed by atoms with Gasteiger partial charge in [0.15, 0.2) is 5.82 Å². The van der Waals surface area contributed by atoms with Gasteiger partial charge in [0.2, 0.25) is 12.1 Å². The van der Waals surface area contributed by atoms with Crippen LogP contribution in [-0.4, -0.2) is 51.4 Å². The monoisotopic (exact) mass is 280 g/mol. The molecule has 0 saturated carbocycles. The zero-order chi connectivity index (χ0) is 13.2. The van der Waals surface area contributed by atoms with E-state index in [1.54, 1.807) is 0 Å². The number of aromatic amines is 1. The standard InChI is InChI=1S/C9H15N5O4.Na/c10-9(8(17)18-3-1-2-15)13-6-5(7(16)14-9)11-4-12-6;/h4,8,13,15,17H,1-3,10H2,(H,11,12)(H,14,16);/q;+1. The van der Waals surface area contributed by atoms with Crippen LogP contribution in [0.2, 0.25) is 0 Å². The Morgan fingerprint density at radius 2 is 2.26 bits per heavy atom. The second-order valence-electron chi connectivity index (χ2n) is 3.87. The summed E-state index contributed by atoms with van der Waals surface area (Å²) in [5.74, 6) is -1.91. The summed E-state index contributed by atoms with van der Waals surface area (Å²) in [4.78, 5) is 18.2. The number of anilines is 1. The molecule has 0 spiro atoms. The number of hydrogen-bond acceptors (Lipinski definition) is 7. The Bertz CT molecular complexity index is 442. The maximum absolute atomic E-state index is 11.7. The molecule has 7 N–H and O–H groups in total. The third-order valence-electron chi connectivity index (χ3n) is 2.48. The molecule has 1 aromatic heterocycles. The van der Waals surface area contributed by atoms with Crippen LogP contribution >= 0.6 is 0 Å². The third kappa shape index (κ3) is 3.45. The molecule has 0 fully saturated rings. The second-order valence-corrected chi connectivity index (χ2v) is 3.87. The Morgan fingerprint density at radius 3 is 2.95 bits per heavy atom.